The fourth-order valence-corrected chi connectivity index (χ4v) is 2.66. The second kappa shape index (κ2) is 4.17. The van der Waals surface area contributed by atoms with E-state index in [1.54, 1.807) is 0 Å². The van der Waals surface area contributed by atoms with Crippen molar-refractivity contribution in [2.24, 2.45) is 4.99 Å². The molecule has 0 saturated carbocycles. The molecular formula is C17H12N2O. The molecule has 0 spiro atoms. The quantitative estimate of drug-likeness (QED) is 0.786. The summed E-state index contributed by atoms with van der Waals surface area (Å²) < 4.78 is 0. The van der Waals surface area contributed by atoms with Crippen LogP contribution in [0, 0.1) is 0 Å². The van der Waals surface area contributed by atoms with Crippen LogP contribution in [0.2, 0.25) is 0 Å². The van der Waals surface area contributed by atoms with Crippen LogP contribution in [0.5, 0.6) is 0 Å². The highest BCUT2D eigenvalue weighted by molar-refractivity contribution is 6.34. The van der Waals surface area contributed by atoms with Crippen molar-refractivity contribution in [3.8, 4) is 0 Å². The molecule has 3 nitrogen and oxygen atoms in total. The topological polar surface area (TPSA) is 41.5 Å². The van der Waals surface area contributed by atoms with Gasteiger partial charge in [-0.3, -0.25) is 9.79 Å². The zero-order valence-electron chi connectivity index (χ0n) is 10.8. The molecular weight excluding hydrogens is 248 g/mol. The number of rotatable bonds is 1. The van der Waals surface area contributed by atoms with Gasteiger partial charge in [-0.1, -0.05) is 30.3 Å². The Morgan fingerprint density at radius 1 is 1.15 bits per heavy atom. The highest BCUT2D eigenvalue weighted by Crippen LogP contribution is 2.32. The average molecular weight is 260 g/mol. The third-order valence-corrected chi connectivity index (χ3v) is 3.68. The van der Waals surface area contributed by atoms with E-state index in [2.05, 4.69) is 22.4 Å². The highest BCUT2D eigenvalue weighted by atomic mass is 16.2. The minimum atomic E-state index is -0.0413. The first-order valence-corrected chi connectivity index (χ1v) is 6.56. The Balaban J connectivity index is 1.81. The maximum atomic E-state index is 12.1. The number of amides is 1. The Kier molecular flexibility index (Phi) is 2.33. The maximum Gasteiger partial charge on any atom is 0.256 e. The molecule has 0 aliphatic carbocycles. The van der Waals surface area contributed by atoms with Gasteiger partial charge in [0.25, 0.3) is 5.91 Å². The number of carbonyl (C=O) groups excluding carboxylic acids is 1. The van der Waals surface area contributed by atoms with E-state index in [9.17, 15) is 4.79 Å². The number of hydrogen-bond acceptors (Lipinski definition) is 2. The normalized spacial score (nSPS) is 17.2. The smallest absolute Gasteiger partial charge is 0.256 e. The fourth-order valence-electron chi connectivity index (χ4n) is 2.66. The van der Waals surface area contributed by atoms with Crippen LogP contribution in [0.4, 0.5) is 5.69 Å². The Labute approximate surface area is 116 Å². The molecule has 20 heavy (non-hydrogen) atoms. The summed E-state index contributed by atoms with van der Waals surface area (Å²) in [6.07, 6.45) is 3.83. The van der Waals surface area contributed by atoms with Gasteiger partial charge >= 0.3 is 0 Å². The van der Waals surface area contributed by atoms with E-state index in [0.717, 1.165) is 34.5 Å². The number of hydrogen-bond donors (Lipinski definition) is 1. The molecule has 3 heteroatoms. The van der Waals surface area contributed by atoms with Crippen LogP contribution in [0.25, 0.3) is 11.6 Å². The fraction of sp³-hybridized carbons (Fsp3) is 0.0588. The van der Waals surface area contributed by atoms with E-state index >= 15 is 0 Å². The van der Waals surface area contributed by atoms with E-state index in [1.807, 2.05) is 42.6 Å². The number of carbonyl (C=O) groups is 1. The monoisotopic (exact) mass is 260 g/mol. The Hall–Kier alpha value is -2.68. The maximum absolute atomic E-state index is 12.1. The molecule has 2 aromatic carbocycles. The van der Waals surface area contributed by atoms with Gasteiger partial charge in [0.05, 0.1) is 6.54 Å². The van der Waals surface area contributed by atoms with Crippen LogP contribution >= 0.6 is 0 Å². The standard InChI is InChI=1S/C17H12N2O/c20-17-15(14-3-1-2-4-16(14)19-17)8-11-5-6-12-9-18-10-13(12)7-11/h1-8,10H,9H2,(H,19,20). The lowest BCUT2D eigenvalue weighted by atomic mass is 10.0. The average Bonchev–Trinajstić information content (AvgIpc) is 3.04. The summed E-state index contributed by atoms with van der Waals surface area (Å²) in [5.41, 5.74) is 5.97. The zero-order valence-corrected chi connectivity index (χ0v) is 10.8. The Bertz CT molecular complexity index is 787. The molecule has 2 heterocycles. The molecule has 0 bridgehead atoms. The molecule has 96 valence electrons. The van der Waals surface area contributed by atoms with E-state index in [1.165, 1.54) is 5.56 Å². The number of nitrogens with one attached hydrogen (secondary N) is 1. The molecule has 2 aliphatic heterocycles. The SMILES string of the molecule is O=C1Nc2ccccc2C1=Cc1ccc2c(c1)C=NC2. The minimum Gasteiger partial charge on any atom is -0.321 e. The van der Waals surface area contributed by atoms with E-state index in [-0.39, 0.29) is 5.91 Å². The zero-order chi connectivity index (χ0) is 13.5. The third kappa shape index (κ3) is 1.67. The molecule has 4 rings (SSSR count). The van der Waals surface area contributed by atoms with Gasteiger partial charge in [0.2, 0.25) is 0 Å². The number of aliphatic imine (C=N–C) groups is 1. The lowest BCUT2D eigenvalue weighted by Crippen LogP contribution is -2.03. The second-order valence-electron chi connectivity index (χ2n) is 4.99. The molecule has 0 aromatic heterocycles. The van der Waals surface area contributed by atoms with Crippen LogP contribution in [0.1, 0.15) is 22.3 Å². The van der Waals surface area contributed by atoms with Crippen molar-refractivity contribution in [2.75, 3.05) is 5.32 Å². The van der Waals surface area contributed by atoms with Crippen LogP contribution in [0.3, 0.4) is 0 Å². The van der Waals surface area contributed by atoms with Crippen LogP contribution in [-0.2, 0) is 11.3 Å². The summed E-state index contributed by atoms with van der Waals surface area (Å²) in [6.45, 7) is 0.759. The predicted octanol–water partition coefficient (Wildman–Crippen LogP) is 3.11. The summed E-state index contributed by atoms with van der Waals surface area (Å²) >= 11 is 0. The van der Waals surface area contributed by atoms with E-state index < -0.39 is 0 Å². The number of nitrogens with zero attached hydrogens (tertiary/aromatic N) is 1. The molecule has 2 aliphatic rings. The van der Waals surface area contributed by atoms with Crippen LogP contribution in [-0.4, -0.2) is 12.1 Å². The predicted molar refractivity (Wildman–Crippen MR) is 80.7 cm³/mol. The molecule has 0 fully saturated rings. The van der Waals surface area contributed by atoms with Crippen molar-refractivity contribution in [1.82, 2.24) is 0 Å². The molecule has 1 amide bonds. The molecule has 0 radical (unpaired) electrons. The molecule has 2 aromatic rings. The number of fused-ring (bicyclic) bond motifs is 2. The van der Waals surface area contributed by atoms with Gasteiger partial charge in [0.1, 0.15) is 0 Å². The lowest BCUT2D eigenvalue weighted by Gasteiger charge is -2.01. The minimum absolute atomic E-state index is 0.0413. The summed E-state index contributed by atoms with van der Waals surface area (Å²) in [5.74, 6) is -0.0413. The van der Waals surface area contributed by atoms with Gasteiger partial charge in [-0.2, -0.15) is 0 Å². The van der Waals surface area contributed by atoms with Crippen LogP contribution < -0.4 is 5.32 Å². The van der Waals surface area contributed by atoms with Gasteiger partial charge in [-0.25, -0.2) is 0 Å². The van der Waals surface area contributed by atoms with Crippen molar-refractivity contribution in [3.05, 3.63) is 64.7 Å². The number of benzene rings is 2. The van der Waals surface area contributed by atoms with Gasteiger partial charge < -0.3 is 5.32 Å². The Morgan fingerprint density at radius 3 is 3.00 bits per heavy atom. The Morgan fingerprint density at radius 2 is 2.05 bits per heavy atom. The van der Waals surface area contributed by atoms with Crippen molar-refractivity contribution >= 4 is 29.5 Å². The van der Waals surface area contributed by atoms with Gasteiger partial charge in [-0.15, -0.1) is 0 Å². The third-order valence-electron chi connectivity index (χ3n) is 3.68. The summed E-state index contributed by atoms with van der Waals surface area (Å²) in [7, 11) is 0. The van der Waals surface area contributed by atoms with Crippen molar-refractivity contribution in [1.29, 1.82) is 0 Å². The van der Waals surface area contributed by atoms with Crippen molar-refractivity contribution < 1.29 is 4.79 Å². The second-order valence-corrected chi connectivity index (χ2v) is 4.99. The van der Waals surface area contributed by atoms with E-state index in [4.69, 9.17) is 0 Å². The highest BCUT2D eigenvalue weighted by Gasteiger charge is 2.23. The summed E-state index contributed by atoms with van der Waals surface area (Å²) in [5, 5.41) is 2.89. The number of anilines is 1. The van der Waals surface area contributed by atoms with Gasteiger partial charge in [0, 0.05) is 23.0 Å². The van der Waals surface area contributed by atoms with Crippen LogP contribution in [0.15, 0.2) is 47.5 Å². The van der Waals surface area contributed by atoms with Gasteiger partial charge in [0.15, 0.2) is 0 Å². The van der Waals surface area contributed by atoms with Gasteiger partial charge in [-0.05, 0) is 34.9 Å². The number of para-hydroxylation sites is 1. The first-order valence-electron chi connectivity index (χ1n) is 6.56. The van der Waals surface area contributed by atoms with Crippen molar-refractivity contribution in [2.45, 2.75) is 6.54 Å². The van der Waals surface area contributed by atoms with Crippen molar-refractivity contribution in [3.63, 3.8) is 0 Å². The lowest BCUT2D eigenvalue weighted by molar-refractivity contribution is -0.110. The first kappa shape index (κ1) is 11.2. The largest absolute Gasteiger partial charge is 0.321 e. The molecule has 1 N–H and O–H groups in total. The molecule has 0 atom stereocenters. The summed E-state index contributed by atoms with van der Waals surface area (Å²) in [6, 6.07) is 13.9. The summed E-state index contributed by atoms with van der Waals surface area (Å²) in [4.78, 5) is 16.3. The molecule has 0 unspecified atom stereocenters. The molecule has 0 saturated heterocycles. The first-order chi connectivity index (χ1) is 9.81. The van der Waals surface area contributed by atoms with E-state index in [0.29, 0.717) is 0 Å².